The highest BCUT2D eigenvalue weighted by Gasteiger charge is 2.34. The van der Waals surface area contributed by atoms with E-state index in [1.165, 1.54) is 6.08 Å². The number of hydrogen-bond acceptors (Lipinski definition) is 10. The van der Waals surface area contributed by atoms with E-state index < -0.39 is 0 Å². The number of rotatable bonds is 10. The summed E-state index contributed by atoms with van der Waals surface area (Å²) in [6, 6.07) is 16.8. The van der Waals surface area contributed by atoms with E-state index in [2.05, 4.69) is 42.4 Å². The minimum absolute atomic E-state index is 0.236. The molecular weight excluding hydrogens is 594 g/mol. The van der Waals surface area contributed by atoms with Crippen LogP contribution in [0.25, 0.3) is 0 Å². The summed E-state index contributed by atoms with van der Waals surface area (Å²) in [6.45, 7) is 5.09. The SMILES string of the molecule is CN(C)C/C=C/C(=O)Nc1cccc(N2C(=O)N(Cc3ccccc3)Cc3cnc(Nc4cnc(N5CCN(C)CC5)nc4)nc32)c1. The molecular formula is C34H39N11O2. The van der Waals surface area contributed by atoms with Crippen molar-refractivity contribution in [3.63, 3.8) is 0 Å². The van der Waals surface area contributed by atoms with Crippen LogP contribution in [0.1, 0.15) is 11.1 Å². The van der Waals surface area contributed by atoms with E-state index in [4.69, 9.17) is 4.98 Å². The highest BCUT2D eigenvalue weighted by molar-refractivity contribution is 6.03. The van der Waals surface area contributed by atoms with Gasteiger partial charge in [0.25, 0.3) is 0 Å². The second kappa shape index (κ2) is 14.4. The van der Waals surface area contributed by atoms with Gasteiger partial charge < -0.3 is 30.2 Å². The monoisotopic (exact) mass is 633 g/mol. The molecule has 13 nitrogen and oxygen atoms in total. The zero-order chi connectivity index (χ0) is 32.8. The first kappa shape index (κ1) is 31.6. The summed E-state index contributed by atoms with van der Waals surface area (Å²) in [5.41, 5.74) is 3.55. The molecule has 2 aromatic heterocycles. The highest BCUT2D eigenvalue weighted by atomic mass is 16.2. The molecule has 4 aromatic rings. The first-order chi connectivity index (χ1) is 22.8. The first-order valence-corrected chi connectivity index (χ1v) is 15.6. The van der Waals surface area contributed by atoms with Gasteiger partial charge in [0.1, 0.15) is 0 Å². The predicted molar refractivity (Wildman–Crippen MR) is 183 cm³/mol. The van der Waals surface area contributed by atoms with Crippen molar-refractivity contribution in [1.29, 1.82) is 0 Å². The number of amides is 3. The van der Waals surface area contributed by atoms with E-state index in [-0.39, 0.29) is 11.9 Å². The second-order valence-electron chi connectivity index (χ2n) is 11.9. The Morgan fingerprint density at radius 3 is 2.45 bits per heavy atom. The maximum atomic E-state index is 14.1. The Labute approximate surface area is 274 Å². The van der Waals surface area contributed by atoms with Gasteiger partial charge in [0, 0.05) is 62.8 Å². The number of piperazine rings is 1. The van der Waals surface area contributed by atoms with Crippen molar-refractivity contribution in [2.75, 3.05) is 74.3 Å². The third-order valence-corrected chi connectivity index (χ3v) is 7.88. The van der Waals surface area contributed by atoms with Crippen molar-refractivity contribution >= 4 is 46.7 Å². The molecule has 47 heavy (non-hydrogen) atoms. The van der Waals surface area contributed by atoms with Crippen LogP contribution in [0.4, 0.5) is 39.6 Å². The molecule has 2 aliphatic heterocycles. The van der Waals surface area contributed by atoms with Crippen molar-refractivity contribution in [2.45, 2.75) is 13.1 Å². The number of anilines is 6. The molecule has 242 valence electrons. The molecule has 4 heterocycles. The minimum Gasteiger partial charge on any atom is -0.338 e. The fourth-order valence-corrected chi connectivity index (χ4v) is 5.39. The van der Waals surface area contributed by atoms with Crippen molar-refractivity contribution < 1.29 is 9.59 Å². The third kappa shape index (κ3) is 7.88. The summed E-state index contributed by atoms with van der Waals surface area (Å²) in [6.07, 6.45) is 8.46. The molecule has 0 aliphatic carbocycles. The van der Waals surface area contributed by atoms with Crippen molar-refractivity contribution in [3.8, 4) is 0 Å². The van der Waals surface area contributed by atoms with Crippen LogP contribution in [0.5, 0.6) is 0 Å². The van der Waals surface area contributed by atoms with Gasteiger partial charge in [-0.15, -0.1) is 0 Å². The fourth-order valence-electron chi connectivity index (χ4n) is 5.39. The lowest BCUT2D eigenvalue weighted by Crippen LogP contribution is -2.45. The van der Waals surface area contributed by atoms with E-state index in [0.29, 0.717) is 54.4 Å². The lowest BCUT2D eigenvalue weighted by Gasteiger charge is -2.36. The number of nitrogens with one attached hydrogen (secondary N) is 2. The number of carbonyl (C=O) groups is 2. The molecule has 0 atom stereocenters. The quantitative estimate of drug-likeness (QED) is 0.247. The lowest BCUT2D eigenvalue weighted by molar-refractivity contribution is -0.111. The van der Waals surface area contributed by atoms with E-state index in [1.54, 1.807) is 52.7 Å². The highest BCUT2D eigenvalue weighted by Crippen LogP contribution is 2.36. The van der Waals surface area contributed by atoms with Gasteiger partial charge in [-0.3, -0.25) is 4.79 Å². The van der Waals surface area contributed by atoms with Gasteiger partial charge in [0.05, 0.1) is 30.3 Å². The van der Waals surface area contributed by atoms with Crippen LogP contribution in [0.15, 0.2) is 85.3 Å². The molecule has 0 saturated carbocycles. The van der Waals surface area contributed by atoms with Crippen molar-refractivity contribution in [3.05, 3.63) is 96.5 Å². The zero-order valence-electron chi connectivity index (χ0n) is 26.9. The second-order valence-corrected chi connectivity index (χ2v) is 11.9. The summed E-state index contributed by atoms with van der Waals surface area (Å²) in [5.74, 6) is 1.20. The van der Waals surface area contributed by atoms with E-state index in [0.717, 1.165) is 37.3 Å². The van der Waals surface area contributed by atoms with Crippen LogP contribution in [0.3, 0.4) is 0 Å². The molecule has 0 spiro atoms. The third-order valence-electron chi connectivity index (χ3n) is 7.88. The van der Waals surface area contributed by atoms with Crippen LogP contribution in [0, 0.1) is 0 Å². The Kier molecular flexibility index (Phi) is 9.64. The Morgan fingerprint density at radius 2 is 1.70 bits per heavy atom. The zero-order valence-corrected chi connectivity index (χ0v) is 26.9. The van der Waals surface area contributed by atoms with Gasteiger partial charge in [-0.1, -0.05) is 42.5 Å². The van der Waals surface area contributed by atoms with Gasteiger partial charge in [0.15, 0.2) is 5.82 Å². The molecule has 2 N–H and O–H groups in total. The first-order valence-electron chi connectivity index (χ1n) is 15.6. The topological polar surface area (TPSA) is 126 Å². The van der Waals surface area contributed by atoms with Crippen LogP contribution in [-0.4, -0.2) is 100 Å². The number of hydrogen-bond donors (Lipinski definition) is 2. The average Bonchev–Trinajstić information content (AvgIpc) is 3.06. The maximum absolute atomic E-state index is 14.1. The van der Waals surface area contributed by atoms with Crippen molar-refractivity contribution in [1.82, 2.24) is 34.6 Å². The molecule has 0 radical (unpaired) electrons. The number of fused-ring (bicyclic) bond motifs is 1. The smallest absolute Gasteiger partial charge is 0.330 e. The minimum atomic E-state index is -0.255. The molecule has 2 aromatic carbocycles. The summed E-state index contributed by atoms with van der Waals surface area (Å²) in [7, 11) is 5.98. The van der Waals surface area contributed by atoms with Gasteiger partial charge in [-0.25, -0.2) is 24.6 Å². The average molecular weight is 634 g/mol. The van der Waals surface area contributed by atoms with Crippen LogP contribution < -0.4 is 20.4 Å². The molecule has 13 heteroatoms. The number of nitrogens with zero attached hydrogens (tertiary/aromatic N) is 9. The Morgan fingerprint density at radius 1 is 0.936 bits per heavy atom. The normalized spacial score (nSPS) is 15.3. The summed E-state index contributed by atoms with van der Waals surface area (Å²) in [5, 5.41) is 6.10. The Balaban J connectivity index is 1.27. The number of aromatic nitrogens is 4. The lowest BCUT2D eigenvalue weighted by atomic mass is 10.1. The van der Waals surface area contributed by atoms with Crippen LogP contribution in [-0.2, 0) is 17.9 Å². The van der Waals surface area contributed by atoms with Gasteiger partial charge >= 0.3 is 6.03 Å². The predicted octanol–water partition coefficient (Wildman–Crippen LogP) is 4.09. The van der Waals surface area contributed by atoms with Crippen molar-refractivity contribution in [2.24, 2.45) is 0 Å². The summed E-state index contributed by atoms with van der Waals surface area (Å²) in [4.78, 5) is 55.0. The standard InChI is InChI=1S/C34H39N11O2/c1-41(2)14-8-13-30(46)38-27-11-7-12-29(19-27)45-31-26(24-44(34(45)47)23-25-9-5-4-6-10-25)20-35-32(40-31)39-28-21-36-33(37-22-28)43-17-15-42(3)16-18-43/h4-13,19-22H,14-18,23-24H2,1-3H3,(H,38,46)(H,35,39,40)/b13-8+. The van der Waals surface area contributed by atoms with Gasteiger partial charge in [-0.2, -0.15) is 4.98 Å². The number of carbonyl (C=O) groups excluding carboxylic acids is 2. The Bertz CT molecular complexity index is 1720. The van der Waals surface area contributed by atoms with Crippen LogP contribution in [0.2, 0.25) is 0 Å². The van der Waals surface area contributed by atoms with E-state index in [1.807, 2.05) is 55.4 Å². The molecule has 3 amide bonds. The maximum Gasteiger partial charge on any atom is 0.330 e. The molecule has 0 bridgehead atoms. The molecule has 1 fully saturated rings. The largest absolute Gasteiger partial charge is 0.338 e. The van der Waals surface area contributed by atoms with E-state index >= 15 is 0 Å². The van der Waals surface area contributed by atoms with Gasteiger partial charge in [-0.05, 0) is 44.9 Å². The van der Waals surface area contributed by atoms with E-state index in [9.17, 15) is 9.59 Å². The van der Waals surface area contributed by atoms with Gasteiger partial charge in [0.2, 0.25) is 17.8 Å². The summed E-state index contributed by atoms with van der Waals surface area (Å²) >= 11 is 0. The molecule has 2 aliphatic rings. The summed E-state index contributed by atoms with van der Waals surface area (Å²) < 4.78 is 0. The van der Waals surface area contributed by atoms with Crippen LogP contribution >= 0.6 is 0 Å². The fraction of sp³-hybridized carbons (Fsp3) is 0.294. The molecule has 1 saturated heterocycles. The number of likely N-dealkylation sites (N-methyl/N-ethyl adjacent to an activating group) is 2. The molecule has 6 rings (SSSR count). The molecule has 0 unspecified atom stereocenters. The number of urea groups is 1. The Hall–Kier alpha value is -5.40. The number of benzene rings is 2.